The van der Waals surface area contributed by atoms with Crippen LogP contribution in [0.3, 0.4) is 0 Å². The molecule has 0 aromatic carbocycles. The minimum Gasteiger partial charge on any atom is -0.372 e. The first-order chi connectivity index (χ1) is 9.49. The monoisotopic (exact) mass is 296 g/mol. The van der Waals surface area contributed by atoms with Crippen molar-refractivity contribution in [2.24, 2.45) is 5.41 Å². The van der Waals surface area contributed by atoms with Crippen LogP contribution in [-0.2, 0) is 4.74 Å². The van der Waals surface area contributed by atoms with Gasteiger partial charge in [0.2, 0.25) is 0 Å². The van der Waals surface area contributed by atoms with E-state index in [4.69, 9.17) is 4.74 Å². The zero-order chi connectivity index (χ0) is 15.9. The maximum Gasteiger partial charge on any atom is 0.0681 e. The maximum absolute atomic E-state index is 6.04. The van der Waals surface area contributed by atoms with Gasteiger partial charge in [-0.3, -0.25) is 4.90 Å². The summed E-state index contributed by atoms with van der Waals surface area (Å²) < 4.78 is 6.04. The lowest BCUT2D eigenvalue weighted by molar-refractivity contribution is -0.102. The molecule has 2 aliphatic heterocycles. The fourth-order valence-electron chi connectivity index (χ4n) is 3.77. The number of likely N-dealkylation sites (tertiary alicyclic amines) is 2. The highest BCUT2D eigenvalue weighted by molar-refractivity contribution is 5.01. The summed E-state index contributed by atoms with van der Waals surface area (Å²) in [5, 5.41) is 0. The van der Waals surface area contributed by atoms with Crippen LogP contribution in [0.25, 0.3) is 0 Å². The summed E-state index contributed by atoms with van der Waals surface area (Å²) in [6, 6.07) is 0. The minimum absolute atomic E-state index is 0.0302. The van der Waals surface area contributed by atoms with Gasteiger partial charge in [-0.05, 0) is 79.8 Å². The van der Waals surface area contributed by atoms with Crippen molar-refractivity contribution >= 4 is 0 Å². The summed E-state index contributed by atoms with van der Waals surface area (Å²) >= 11 is 0. The molecule has 0 aromatic rings. The number of hydrogen-bond donors (Lipinski definition) is 0. The second-order valence-electron chi connectivity index (χ2n) is 9.37. The molecule has 3 nitrogen and oxygen atoms in total. The third kappa shape index (κ3) is 4.67. The molecular formula is C18H36N2O. The first-order valence-corrected chi connectivity index (χ1v) is 8.64. The Kier molecular flexibility index (Phi) is 4.78. The van der Waals surface area contributed by atoms with Crippen LogP contribution in [-0.4, -0.2) is 59.8 Å². The highest BCUT2D eigenvalue weighted by atomic mass is 16.5. The van der Waals surface area contributed by atoms with Crippen LogP contribution in [0, 0.1) is 5.41 Å². The lowest BCUT2D eigenvalue weighted by atomic mass is 9.70. The predicted molar refractivity (Wildman–Crippen MR) is 89.7 cm³/mol. The van der Waals surface area contributed by atoms with Gasteiger partial charge in [0.1, 0.15) is 0 Å². The molecule has 2 saturated heterocycles. The van der Waals surface area contributed by atoms with Crippen LogP contribution >= 0.6 is 0 Å². The summed E-state index contributed by atoms with van der Waals surface area (Å²) in [6.07, 6.45) is 3.05. The van der Waals surface area contributed by atoms with Crippen molar-refractivity contribution in [3.63, 3.8) is 0 Å². The van der Waals surface area contributed by atoms with Gasteiger partial charge in [-0.15, -0.1) is 0 Å². The molecule has 2 aliphatic rings. The van der Waals surface area contributed by atoms with Crippen LogP contribution in [0.2, 0.25) is 0 Å². The largest absolute Gasteiger partial charge is 0.372 e. The van der Waals surface area contributed by atoms with E-state index in [1.807, 2.05) is 0 Å². The first-order valence-electron chi connectivity index (χ1n) is 8.64. The molecule has 1 atom stereocenters. The highest BCUT2D eigenvalue weighted by Gasteiger charge is 2.47. The van der Waals surface area contributed by atoms with Gasteiger partial charge in [0.15, 0.2) is 0 Å². The fraction of sp³-hybridized carbons (Fsp3) is 1.00. The van der Waals surface area contributed by atoms with E-state index in [1.165, 1.54) is 39.0 Å². The van der Waals surface area contributed by atoms with Crippen molar-refractivity contribution in [2.75, 3.05) is 32.7 Å². The second-order valence-corrected chi connectivity index (χ2v) is 9.37. The van der Waals surface area contributed by atoms with Gasteiger partial charge in [0.05, 0.1) is 11.7 Å². The lowest BCUT2D eigenvalue weighted by Crippen LogP contribution is -2.65. The van der Waals surface area contributed by atoms with Gasteiger partial charge in [-0.1, -0.05) is 0 Å². The molecule has 2 fully saturated rings. The zero-order valence-corrected chi connectivity index (χ0v) is 15.3. The van der Waals surface area contributed by atoms with Crippen molar-refractivity contribution in [3.05, 3.63) is 0 Å². The molecule has 0 N–H and O–H groups in total. The average Bonchev–Trinajstić information content (AvgIpc) is 2.22. The molecule has 0 aromatic heterocycles. The molecular weight excluding hydrogens is 260 g/mol. The first kappa shape index (κ1) is 17.2. The smallest absolute Gasteiger partial charge is 0.0681 e. The highest BCUT2D eigenvalue weighted by Crippen LogP contribution is 2.43. The number of ether oxygens (including phenoxy) is 1. The van der Waals surface area contributed by atoms with E-state index in [0.29, 0.717) is 17.1 Å². The number of hydrogen-bond acceptors (Lipinski definition) is 3. The quantitative estimate of drug-likeness (QED) is 0.794. The van der Waals surface area contributed by atoms with Crippen LogP contribution in [0.4, 0.5) is 0 Å². The van der Waals surface area contributed by atoms with E-state index in [9.17, 15) is 0 Å². The minimum atomic E-state index is -0.0302. The number of nitrogens with zero attached hydrogens (tertiary/aromatic N) is 2. The van der Waals surface area contributed by atoms with Gasteiger partial charge in [0.25, 0.3) is 0 Å². The summed E-state index contributed by atoms with van der Waals surface area (Å²) in [7, 11) is 0. The van der Waals surface area contributed by atoms with E-state index in [-0.39, 0.29) is 5.60 Å². The molecule has 1 spiro atoms. The standard InChI is InChI=1S/C18H36N2O/c1-15(21-17(5,6)7)12-19-10-8-18(9-11-19)13-20(14-18)16(2,3)4/h15H,8-14H2,1-7H3/t15-/m1/s1. The Balaban J connectivity index is 1.72. The van der Waals surface area contributed by atoms with Gasteiger partial charge in [0, 0.05) is 25.2 Å². The van der Waals surface area contributed by atoms with Crippen molar-refractivity contribution < 1.29 is 4.74 Å². The Labute approximate surface area is 132 Å². The summed E-state index contributed by atoms with van der Waals surface area (Å²) in [6.45, 7) is 21.8. The van der Waals surface area contributed by atoms with E-state index >= 15 is 0 Å². The van der Waals surface area contributed by atoms with E-state index < -0.39 is 0 Å². The van der Waals surface area contributed by atoms with Crippen LogP contribution in [0.15, 0.2) is 0 Å². The molecule has 0 saturated carbocycles. The number of piperidine rings is 1. The molecule has 21 heavy (non-hydrogen) atoms. The summed E-state index contributed by atoms with van der Waals surface area (Å²) in [4.78, 5) is 5.23. The van der Waals surface area contributed by atoms with E-state index in [0.717, 1.165) is 6.54 Å². The Morgan fingerprint density at radius 2 is 1.52 bits per heavy atom. The number of rotatable bonds is 3. The third-order valence-electron chi connectivity index (χ3n) is 4.99. The van der Waals surface area contributed by atoms with E-state index in [1.54, 1.807) is 0 Å². The van der Waals surface area contributed by atoms with Crippen molar-refractivity contribution in [2.45, 2.75) is 78.6 Å². The Morgan fingerprint density at radius 3 is 1.95 bits per heavy atom. The predicted octanol–water partition coefficient (Wildman–Crippen LogP) is 3.39. The second kappa shape index (κ2) is 5.82. The topological polar surface area (TPSA) is 15.7 Å². The van der Waals surface area contributed by atoms with Crippen molar-refractivity contribution in [1.82, 2.24) is 9.80 Å². The molecule has 124 valence electrons. The molecule has 0 aliphatic carbocycles. The maximum atomic E-state index is 6.04. The van der Waals surface area contributed by atoms with Crippen molar-refractivity contribution in [3.8, 4) is 0 Å². The van der Waals surface area contributed by atoms with Crippen LogP contribution < -0.4 is 0 Å². The third-order valence-corrected chi connectivity index (χ3v) is 4.99. The Bertz CT molecular complexity index is 337. The fourth-order valence-corrected chi connectivity index (χ4v) is 3.77. The van der Waals surface area contributed by atoms with Crippen LogP contribution in [0.1, 0.15) is 61.3 Å². The lowest BCUT2D eigenvalue weighted by Gasteiger charge is -2.58. The van der Waals surface area contributed by atoms with Gasteiger partial charge in [-0.25, -0.2) is 0 Å². The normalized spacial score (nSPS) is 25.9. The molecule has 0 bridgehead atoms. The van der Waals surface area contributed by atoms with E-state index in [2.05, 4.69) is 58.3 Å². The average molecular weight is 296 g/mol. The summed E-state index contributed by atoms with van der Waals surface area (Å²) in [5.74, 6) is 0. The molecule has 2 rings (SSSR count). The van der Waals surface area contributed by atoms with Crippen molar-refractivity contribution in [1.29, 1.82) is 0 Å². The molecule has 0 radical (unpaired) electrons. The van der Waals surface area contributed by atoms with Gasteiger partial charge in [-0.2, -0.15) is 0 Å². The Morgan fingerprint density at radius 1 is 1.00 bits per heavy atom. The van der Waals surface area contributed by atoms with Gasteiger partial charge < -0.3 is 9.64 Å². The zero-order valence-electron chi connectivity index (χ0n) is 15.3. The Hall–Kier alpha value is -0.120. The molecule has 2 heterocycles. The molecule has 3 heteroatoms. The van der Waals surface area contributed by atoms with Crippen LogP contribution in [0.5, 0.6) is 0 Å². The van der Waals surface area contributed by atoms with Gasteiger partial charge >= 0.3 is 0 Å². The molecule has 0 unspecified atom stereocenters. The summed E-state index contributed by atoms with van der Waals surface area (Å²) in [5.41, 5.74) is 0.937. The SMILES string of the molecule is C[C@H](CN1CCC2(CC1)CN(C(C)(C)C)C2)OC(C)(C)C. The molecule has 0 amide bonds.